The Bertz CT molecular complexity index is 1060. The Balaban J connectivity index is 1.88. The van der Waals surface area contributed by atoms with E-state index in [9.17, 15) is 19.7 Å². The Hall–Kier alpha value is -3.42. The Morgan fingerprint density at radius 1 is 1.25 bits per heavy atom. The highest BCUT2D eigenvalue weighted by atomic mass is 16.6. The van der Waals surface area contributed by atoms with E-state index in [1.54, 1.807) is 42.2 Å². The van der Waals surface area contributed by atoms with Crippen LogP contribution in [-0.4, -0.2) is 29.9 Å². The van der Waals surface area contributed by atoms with Crippen LogP contribution in [0, 0.1) is 28.4 Å². The molecule has 8 heteroatoms. The molecule has 1 heterocycles. The van der Waals surface area contributed by atoms with Gasteiger partial charge in [-0.15, -0.1) is 0 Å². The smallest absolute Gasteiger partial charge is 0.273 e. The number of nitro benzene ring substituents is 1. The SMILES string of the molecule is Cc1ccc(C(=O)Nc2ccc3c(c2)OCC(C)(C)C(=O)N3CCC(C)C)cc1[N+](=O)[O-]. The van der Waals surface area contributed by atoms with Crippen LogP contribution in [0.2, 0.25) is 0 Å². The minimum Gasteiger partial charge on any atom is -0.490 e. The molecule has 0 saturated carbocycles. The Kier molecular flexibility index (Phi) is 6.52. The highest BCUT2D eigenvalue weighted by Crippen LogP contribution is 2.38. The van der Waals surface area contributed by atoms with Gasteiger partial charge in [-0.05, 0) is 51.3 Å². The van der Waals surface area contributed by atoms with Crippen molar-refractivity contribution in [2.24, 2.45) is 11.3 Å². The molecular weight excluding hydrogens is 410 g/mol. The molecule has 0 fully saturated rings. The van der Waals surface area contributed by atoms with Gasteiger partial charge in [0.05, 0.1) is 16.0 Å². The van der Waals surface area contributed by atoms with Crippen LogP contribution >= 0.6 is 0 Å². The number of nitrogens with one attached hydrogen (secondary N) is 1. The van der Waals surface area contributed by atoms with Crippen LogP contribution in [0.5, 0.6) is 5.75 Å². The maximum absolute atomic E-state index is 13.1. The second kappa shape index (κ2) is 8.98. The van der Waals surface area contributed by atoms with E-state index in [2.05, 4.69) is 19.2 Å². The molecule has 0 unspecified atom stereocenters. The van der Waals surface area contributed by atoms with Gasteiger partial charge in [-0.1, -0.05) is 19.9 Å². The molecule has 2 aromatic carbocycles. The summed E-state index contributed by atoms with van der Waals surface area (Å²) in [6, 6.07) is 9.52. The van der Waals surface area contributed by atoms with Gasteiger partial charge in [-0.3, -0.25) is 19.7 Å². The first kappa shape index (κ1) is 23.2. The first-order valence-corrected chi connectivity index (χ1v) is 10.6. The number of ether oxygens (including phenoxy) is 1. The average molecular weight is 440 g/mol. The maximum Gasteiger partial charge on any atom is 0.273 e. The van der Waals surface area contributed by atoms with Crippen molar-refractivity contribution in [1.29, 1.82) is 0 Å². The van der Waals surface area contributed by atoms with E-state index in [1.165, 1.54) is 6.07 Å². The number of nitro groups is 1. The van der Waals surface area contributed by atoms with Crippen molar-refractivity contribution in [2.45, 2.75) is 41.0 Å². The van der Waals surface area contributed by atoms with Gasteiger partial charge >= 0.3 is 0 Å². The zero-order valence-electron chi connectivity index (χ0n) is 19.1. The van der Waals surface area contributed by atoms with Gasteiger partial charge < -0.3 is 15.0 Å². The summed E-state index contributed by atoms with van der Waals surface area (Å²) in [5.74, 6) is 0.492. The van der Waals surface area contributed by atoms with Gasteiger partial charge in [0, 0.05) is 35.5 Å². The van der Waals surface area contributed by atoms with Gasteiger partial charge in [-0.25, -0.2) is 0 Å². The third kappa shape index (κ3) is 4.90. The van der Waals surface area contributed by atoms with E-state index in [1.807, 2.05) is 13.8 Å². The van der Waals surface area contributed by atoms with E-state index >= 15 is 0 Å². The molecule has 0 aromatic heterocycles. The fraction of sp³-hybridized carbons (Fsp3) is 0.417. The fourth-order valence-corrected chi connectivity index (χ4v) is 3.49. The molecule has 32 heavy (non-hydrogen) atoms. The third-order valence-electron chi connectivity index (χ3n) is 5.52. The molecule has 8 nitrogen and oxygen atoms in total. The highest BCUT2D eigenvalue weighted by molar-refractivity contribution is 6.05. The summed E-state index contributed by atoms with van der Waals surface area (Å²) in [5, 5.41) is 13.9. The van der Waals surface area contributed by atoms with Gasteiger partial charge in [0.25, 0.3) is 11.6 Å². The van der Waals surface area contributed by atoms with Crippen molar-refractivity contribution >= 4 is 28.9 Å². The van der Waals surface area contributed by atoms with Crippen LogP contribution in [0.15, 0.2) is 36.4 Å². The van der Waals surface area contributed by atoms with Crippen LogP contribution in [0.4, 0.5) is 17.1 Å². The molecule has 3 rings (SSSR count). The standard InChI is InChI=1S/C24H29N3O5/c1-15(2)10-11-26-19-9-8-18(13-21(19)32-14-24(4,5)23(26)29)25-22(28)17-7-6-16(3)20(12-17)27(30)31/h6-9,12-13,15H,10-11,14H2,1-5H3,(H,25,28). The second-order valence-corrected chi connectivity index (χ2v) is 9.21. The molecule has 170 valence electrons. The van der Waals surface area contributed by atoms with Crippen molar-refractivity contribution in [1.82, 2.24) is 0 Å². The van der Waals surface area contributed by atoms with Gasteiger partial charge in [0.2, 0.25) is 5.91 Å². The van der Waals surface area contributed by atoms with Crippen LogP contribution in [-0.2, 0) is 4.79 Å². The number of benzene rings is 2. The van der Waals surface area contributed by atoms with Crippen LogP contribution in [0.25, 0.3) is 0 Å². The molecule has 0 radical (unpaired) electrons. The summed E-state index contributed by atoms with van der Waals surface area (Å²) < 4.78 is 5.96. The van der Waals surface area contributed by atoms with Crippen LogP contribution < -0.4 is 15.0 Å². The summed E-state index contributed by atoms with van der Waals surface area (Å²) in [6.07, 6.45) is 0.853. The van der Waals surface area contributed by atoms with Crippen molar-refractivity contribution in [3.8, 4) is 5.75 Å². The predicted molar refractivity (Wildman–Crippen MR) is 123 cm³/mol. The molecule has 0 bridgehead atoms. The quantitative estimate of drug-likeness (QED) is 0.507. The maximum atomic E-state index is 13.1. The molecule has 1 aliphatic heterocycles. The number of amides is 2. The lowest BCUT2D eigenvalue weighted by atomic mass is 9.92. The molecule has 2 amide bonds. The lowest BCUT2D eigenvalue weighted by Gasteiger charge is -2.28. The van der Waals surface area contributed by atoms with Crippen molar-refractivity contribution in [3.05, 3.63) is 57.6 Å². The van der Waals surface area contributed by atoms with Crippen molar-refractivity contribution in [3.63, 3.8) is 0 Å². The van der Waals surface area contributed by atoms with E-state index in [-0.39, 0.29) is 23.8 Å². The summed E-state index contributed by atoms with van der Waals surface area (Å²) in [6.45, 7) is 10.4. The number of rotatable bonds is 6. The van der Waals surface area contributed by atoms with E-state index in [0.717, 1.165) is 6.42 Å². The summed E-state index contributed by atoms with van der Waals surface area (Å²) in [4.78, 5) is 38.3. The Morgan fingerprint density at radius 3 is 2.62 bits per heavy atom. The number of aryl methyl sites for hydroxylation is 1. The zero-order chi connectivity index (χ0) is 23.6. The van der Waals surface area contributed by atoms with Gasteiger partial charge in [-0.2, -0.15) is 0 Å². The van der Waals surface area contributed by atoms with E-state index < -0.39 is 16.2 Å². The number of hydrogen-bond donors (Lipinski definition) is 1. The lowest BCUT2D eigenvalue weighted by molar-refractivity contribution is -0.385. The molecule has 0 saturated heterocycles. The van der Waals surface area contributed by atoms with E-state index in [0.29, 0.717) is 35.2 Å². The number of hydrogen-bond acceptors (Lipinski definition) is 5. The molecular formula is C24H29N3O5. The van der Waals surface area contributed by atoms with Crippen LogP contribution in [0.3, 0.4) is 0 Å². The van der Waals surface area contributed by atoms with Crippen molar-refractivity contribution in [2.75, 3.05) is 23.4 Å². The van der Waals surface area contributed by atoms with Gasteiger partial charge in [0.1, 0.15) is 12.4 Å². The molecule has 0 atom stereocenters. The minimum atomic E-state index is -0.680. The first-order valence-electron chi connectivity index (χ1n) is 10.6. The molecule has 1 N–H and O–H groups in total. The topological polar surface area (TPSA) is 102 Å². The number of fused-ring (bicyclic) bond motifs is 1. The minimum absolute atomic E-state index is 0.000602. The third-order valence-corrected chi connectivity index (χ3v) is 5.52. The average Bonchev–Trinajstić information content (AvgIpc) is 2.81. The number of anilines is 2. The molecule has 0 spiro atoms. The largest absolute Gasteiger partial charge is 0.490 e. The van der Waals surface area contributed by atoms with E-state index in [4.69, 9.17) is 4.74 Å². The molecule has 0 aliphatic carbocycles. The normalized spacial score (nSPS) is 15.1. The summed E-state index contributed by atoms with van der Waals surface area (Å²) in [7, 11) is 0. The first-order chi connectivity index (χ1) is 15.0. The summed E-state index contributed by atoms with van der Waals surface area (Å²) >= 11 is 0. The number of carbonyl (C=O) groups is 2. The fourth-order valence-electron chi connectivity index (χ4n) is 3.49. The lowest BCUT2D eigenvalue weighted by Crippen LogP contribution is -2.42. The number of nitrogens with zero attached hydrogens (tertiary/aromatic N) is 2. The molecule has 2 aromatic rings. The summed E-state index contributed by atoms with van der Waals surface area (Å²) in [5.41, 5.74) is 1.04. The predicted octanol–water partition coefficient (Wildman–Crippen LogP) is 4.95. The zero-order valence-corrected chi connectivity index (χ0v) is 19.1. The van der Waals surface area contributed by atoms with Crippen molar-refractivity contribution < 1.29 is 19.2 Å². The van der Waals surface area contributed by atoms with Crippen LogP contribution in [0.1, 0.15) is 50.0 Å². The van der Waals surface area contributed by atoms with Gasteiger partial charge in [0.15, 0.2) is 0 Å². The number of carbonyl (C=O) groups excluding carboxylic acids is 2. The highest BCUT2D eigenvalue weighted by Gasteiger charge is 2.37. The Morgan fingerprint density at radius 2 is 1.97 bits per heavy atom. The Labute approximate surface area is 187 Å². The monoisotopic (exact) mass is 439 g/mol. The second-order valence-electron chi connectivity index (χ2n) is 9.21. The molecule has 1 aliphatic rings.